The van der Waals surface area contributed by atoms with Crippen LogP contribution >= 0.6 is 0 Å². The molecule has 0 atom stereocenters. The normalized spacial score (nSPS) is 11.0. The molecule has 0 unspecified atom stereocenters. The van der Waals surface area contributed by atoms with Crippen molar-refractivity contribution in [3.63, 3.8) is 0 Å². The Morgan fingerprint density at radius 2 is 1.48 bits per heavy atom. The van der Waals surface area contributed by atoms with Crippen molar-refractivity contribution in [2.45, 2.75) is 26.5 Å². The van der Waals surface area contributed by atoms with Crippen LogP contribution in [0.3, 0.4) is 0 Å². The van der Waals surface area contributed by atoms with E-state index in [4.69, 9.17) is 9.72 Å². The van der Waals surface area contributed by atoms with E-state index in [0.29, 0.717) is 0 Å². The summed E-state index contributed by atoms with van der Waals surface area (Å²) in [5.74, 6) is 0. The summed E-state index contributed by atoms with van der Waals surface area (Å²) in [5.41, 5.74) is 4.64. The van der Waals surface area contributed by atoms with Gasteiger partial charge in [0, 0.05) is 28.1 Å². The molecule has 1 amide bonds. The number of amides is 1. The first-order chi connectivity index (χ1) is 14.1. The molecule has 146 valence electrons. The van der Waals surface area contributed by atoms with Crippen molar-refractivity contribution < 1.29 is 9.53 Å². The number of nitrogens with one attached hydrogen (secondary N) is 2. The van der Waals surface area contributed by atoms with Crippen LogP contribution in [-0.4, -0.2) is 17.1 Å². The summed E-state index contributed by atoms with van der Waals surface area (Å²) in [4.78, 5) is 16.7. The van der Waals surface area contributed by atoms with Gasteiger partial charge in [0.25, 0.3) is 0 Å². The molecule has 4 aromatic rings. The Kier molecular flexibility index (Phi) is 5.29. The molecule has 1 aromatic heterocycles. The number of anilines is 2. The van der Waals surface area contributed by atoms with Gasteiger partial charge in [0.05, 0.1) is 16.7 Å². The summed E-state index contributed by atoms with van der Waals surface area (Å²) in [7, 11) is 0. The van der Waals surface area contributed by atoms with Crippen LogP contribution in [0.4, 0.5) is 16.2 Å². The number of alkyl carbamates (subject to hydrolysis) is 1. The van der Waals surface area contributed by atoms with Crippen molar-refractivity contribution in [3.8, 4) is 0 Å². The van der Waals surface area contributed by atoms with Gasteiger partial charge in [-0.1, -0.05) is 54.6 Å². The van der Waals surface area contributed by atoms with Crippen molar-refractivity contribution >= 4 is 39.3 Å². The molecule has 0 saturated heterocycles. The lowest BCUT2D eigenvalue weighted by Crippen LogP contribution is -2.30. The molecule has 1 heterocycles. The number of pyridine rings is 1. The second-order valence-corrected chi connectivity index (χ2v) is 7.18. The molecule has 0 aliphatic carbocycles. The first kappa shape index (κ1) is 18.7. The van der Waals surface area contributed by atoms with Gasteiger partial charge in [-0.3, -0.25) is 0 Å². The maximum atomic E-state index is 11.9. The van der Waals surface area contributed by atoms with Crippen LogP contribution in [0.25, 0.3) is 21.8 Å². The predicted molar refractivity (Wildman–Crippen MR) is 117 cm³/mol. The van der Waals surface area contributed by atoms with Gasteiger partial charge in [0.2, 0.25) is 0 Å². The van der Waals surface area contributed by atoms with Crippen LogP contribution in [0.15, 0.2) is 72.8 Å². The summed E-state index contributed by atoms with van der Waals surface area (Å²) in [5, 5.41) is 8.39. The molecular weight excluding hydrogens is 362 g/mol. The summed E-state index contributed by atoms with van der Waals surface area (Å²) in [6.45, 7) is 3.98. The highest BCUT2D eigenvalue weighted by Gasteiger charge is 2.12. The second-order valence-electron chi connectivity index (χ2n) is 7.18. The Bertz CT molecular complexity index is 1120. The van der Waals surface area contributed by atoms with Crippen LogP contribution in [-0.2, 0) is 11.3 Å². The number of hydrogen-bond donors (Lipinski definition) is 2. The molecule has 5 heteroatoms. The van der Waals surface area contributed by atoms with E-state index in [1.807, 2.05) is 74.5 Å². The van der Waals surface area contributed by atoms with E-state index < -0.39 is 6.09 Å². The van der Waals surface area contributed by atoms with Crippen LogP contribution in [0.2, 0.25) is 0 Å². The Labute approximate surface area is 169 Å². The van der Waals surface area contributed by atoms with E-state index in [1.54, 1.807) is 0 Å². The Morgan fingerprint density at radius 3 is 2.14 bits per heavy atom. The number of carbonyl (C=O) groups excluding carboxylic acids is 1. The summed E-state index contributed by atoms with van der Waals surface area (Å²) >= 11 is 0. The fourth-order valence-electron chi connectivity index (χ4n) is 3.30. The third-order valence-corrected chi connectivity index (χ3v) is 4.63. The molecule has 2 N–H and O–H groups in total. The van der Waals surface area contributed by atoms with E-state index in [9.17, 15) is 4.79 Å². The Hall–Kier alpha value is -3.60. The largest absolute Gasteiger partial charge is 0.445 e. The number of fused-ring (bicyclic) bond motifs is 2. The molecule has 0 aliphatic rings. The van der Waals surface area contributed by atoms with Gasteiger partial charge in [-0.25, -0.2) is 9.78 Å². The minimum atomic E-state index is -0.422. The SMILES string of the molecule is CC(C)NC(=O)OCc1ccccc1Nc1c2ccccc2nc2ccccc12. The van der Waals surface area contributed by atoms with Crippen LogP contribution < -0.4 is 10.6 Å². The molecule has 0 radical (unpaired) electrons. The average molecular weight is 385 g/mol. The number of hydrogen-bond acceptors (Lipinski definition) is 4. The lowest BCUT2D eigenvalue weighted by molar-refractivity contribution is 0.137. The molecule has 5 nitrogen and oxygen atoms in total. The maximum Gasteiger partial charge on any atom is 0.407 e. The fraction of sp³-hybridized carbons (Fsp3) is 0.167. The van der Waals surface area contributed by atoms with Crippen LogP contribution in [0, 0.1) is 0 Å². The van der Waals surface area contributed by atoms with Crippen molar-refractivity contribution in [2.75, 3.05) is 5.32 Å². The number of para-hydroxylation sites is 3. The first-order valence-corrected chi connectivity index (χ1v) is 9.67. The van der Waals surface area contributed by atoms with Gasteiger partial charge in [0.1, 0.15) is 6.61 Å². The first-order valence-electron chi connectivity index (χ1n) is 9.67. The molecule has 0 saturated carbocycles. The van der Waals surface area contributed by atoms with Gasteiger partial charge in [-0.15, -0.1) is 0 Å². The summed E-state index contributed by atoms with van der Waals surface area (Å²) in [6.07, 6.45) is -0.422. The molecule has 4 rings (SSSR count). The third-order valence-electron chi connectivity index (χ3n) is 4.63. The van der Waals surface area contributed by atoms with E-state index >= 15 is 0 Å². The van der Waals surface area contributed by atoms with Crippen molar-refractivity contribution in [3.05, 3.63) is 78.4 Å². The number of carbonyl (C=O) groups is 1. The predicted octanol–water partition coefficient (Wildman–Crippen LogP) is 5.77. The zero-order valence-electron chi connectivity index (χ0n) is 16.5. The summed E-state index contributed by atoms with van der Waals surface area (Å²) < 4.78 is 5.39. The van der Waals surface area contributed by atoms with E-state index in [0.717, 1.165) is 38.7 Å². The van der Waals surface area contributed by atoms with Gasteiger partial charge in [-0.2, -0.15) is 0 Å². The van der Waals surface area contributed by atoms with Gasteiger partial charge in [0.15, 0.2) is 0 Å². The van der Waals surface area contributed by atoms with E-state index in [-0.39, 0.29) is 12.6 Å². The molecule has 3 aromatic carbocycles. The minimum Gasteiger partial charge on any atom is -0.445 e. The van der Waals surface area contributed by atoms with Crippen molar-refractivity contribution in [1.29, 1.82) is 0 Å². The summed E-state index contributed by atoms with van der Waals surface area (Å²) in [6, 6.07) is 24.0. The third kappa shape index (κ3) is 4.14. The number of nitrogens with zero attached hydrogens (tertiary/aromatic N) is 1. The van der Waals surface area contributed by atoms with E-state index in [2.05, 4.69) is 22.8 Å². The number of rotatable bonds is 5. The van der Waals surface area contributed by atoms with Gasteiger partial charge < -0.3 is 15.4 Å². The molecule has 0 spiro atoms. The average Bonchev–Trinajstić information content (AvgIpc) is 2.72. The lowest BCUT2D eigenvalue weighted by atomic mass is 10.1. The molecule has 0 bridgehead atoms. The number of ether oxygens (including phenoxy) is 1. The highest BCUT2D eigenvalue weighted by molar-refractivity contribution is 6.08. The fourth-order valence-corrected chi connectivity index (χ4v) is 3.30. The molecule has 0 fully saturated rings. The zero-order chi connectivity index (χ0) is 20.2. The second kappa shape index (κ2) is 8.19. The van der Waals surface area contributed by atoms with Crippen molar-refractivity contribution in [1.82, 2.24) is 10.3 Å². The highest BCUT2D eigenvalue weighted by atomic mass is 16.5. The zero-order valence-corrected chi connectivity index (χ0v) is 16.5. The van der Waals surface area contributed by atoms with Crippen molar-refractivity contribution in [2.24, 2.45) is 0 Å². The van der Waals surface area contributed by atoms with E-state index in [1.165, 1.54) is 0 Å². The maximum absolute atomic E-state index is 11.9. The highest BCUT2D eigenvalue weighted by Crippen LogP contribution is 2.34. The lowest BCUT2D eigenvalue weighted by Gasteiger charge is -2.16. The smallest absolute Gasteiger partial charge is 0.407 e. The number of benzene rings is 3. The van der Waals surface area contributed by atoms with Crippen LogP contribution in [0.1, 0.15) is 19.4 Å². The standard InChI is InChI=1S/C24H23N3O2/c1-16(2)25-24(28)29-15-17-9-3-6-12-20(17)27-23-18-10-4-7-13-21(18)26-22-14-8-5-11-19(22)23/h3-14,16H,15H2,1-2H3,(H,25,28)(H,26,27). The van der Waals surface area contributed by atoms with Gasteiger partial charge in [-0.05, 0) is 32.0 Å². The monoisotopic (exact) mass is 385 g/mol. The van der Waals surface area contributed by atoms with Crippen LogP contribution in [0.5, 0.6) is 0 Å². The molecule has 29 heavy (non-hydrogen) atoms. The Morgan fingerprint density at radius 1 is 0.897 bits per heavy atom. The Balaban J connectivity index is 1.71. The number of aromatic nitrogens is 1. The molecule has 0 aliphatic heterocycles. The quantitative estimate of drug-likeness (QED) is 0.428. The minimum absolute atomic E-state index is 0.0328. The topological polar surface area (TPSA) is 63.2 Å². The molecular formula is C24H23N3O2. The van der Waals surface area contributed by atoms with Gasteiger partial charge >= 0.3 is 6.09 Å².